The van der Waals surface area contributed by atoms with Crippen molar-refractivity contribution in [3.63, 3.8) is 0 Å². The van der Waals surface area contributed by atoms with E-state index in [-0.39, 0.29) is 16.7 Å². The fourth-order valence-corrected chi connectivity index (χ4v) is 3.57. The number of rotatable bonds is 4. The third-order valence-electron chi connectivity index (χ3n) is 3.58. The number of hydrogen-bond donors (Lipinski definition) is 1. The summed E-state index contributed by atoms with van der Waals surface area (Å²) >= 11 is -0.0588. The van der Waals surface area contributed by atoms with Gasteiger partial charge in [0.1, 0.15) is 0 Å². The van der Waals surface area contributed by atoms with Crippen LogP contribution in [0, 0.1) is 11.8 Å². The first-order valence-electron chi connectivity index (χ1n) is 7.09. The lowest BCUT2D eigenvalue weighted by Crippen LogP contribution is -2.20. The van der Waals surface area contributed by atoms with Crippen molar-refractivity contribution in [2.45, 2.75) is 37.1 Å². The highest BCUT2D eigenvalue weighted by Gasteiger charge is 2.30. The van der Waals surface area contributed by atoms with E-state index in [9.17, 15) is 13.2 Å². The minimum Gasteiger partial charge on any atom is -0.384 e. The number of alkyl halides is 3. The van der Waals surface area contributed by atoms with Crippen LogP contribution in [0.15, 0.2) is 40.8 Å². The molecule has 2 rings (SSSR count). The molecule has 1 aromatic rings. The molecule has 1 N–H and O–H groups in total. The molecule has 0 spiro atoms. The van der Waals surface area contributed by atoms with Crippen LogP contribution in [0.1, 0.15) is 26.7 Å². The Bertz CT molecular complexity index is 510. The van der Waals surface area contributed by atoms with Crippen LogP contribution in [0.3, 0.4) is 0 Å². The van der Waals surface area contributed by atoms with Crippen molar-refractivity contribution in [3.8, 4) is 0 Å². The molecular weight excluding hydrogens is 295 g/mol. The Labute approximate surface area is 128 Å². The molecule has 2 atom stereocenters. The SMILES string of the molecule is CC1=CC(C)CC(CNc2ccccc2SC(F)(F)F)C1. The molecule has 0 heterocycles. The minimum atomic E-state index is -4.25. The average molecular weight is 315 g/mol. The van der Waals surface area contributed by atoms with E-state index in [1.807, 2.05) is 0 Å². The zero-order valence-electron chi connectivity index (χ0n) is 12.2. The van der Waals surface area contributed by atoms with Gasteiger partial charge in [-0.05, 0) is 55.5 Å². The zero-order valence-corrected chi connectivity index (χ0v) is 13.0. The molecular formula is C16H20F3NS. The van der Waals surface area contributed by atoms with Gasteiger partial charge in [-0.3, -0.25) is 0 Å². The number of allylic oxidation sites excluding steroid dienone is 2. The van der Waals surface area contributed by atoms with E-state index in [1.165, 1.54) is 11.6 Å². The molecule has 1 nitrogen and oxygen atoms in total. The second kappa shape index (κ2) is 6.77. The third-order valence-corrected chi connectivity index (χ3v) is 4.39. The third kappa shape index (κ3) is 5.30. The van der Waals surface area contributed by atoms with Gasteiger partial charge in [0.05, 0.1) is 0 Å². The number of benzene rings is 1. The second-order valence-corrected chi connectivity index (χ2v) is 6.83. The van der Waals surface area contributed by atoms with Crippen molar-refractivity contribution in [1.29, 1.82) is 0 Å². The van der Waals surface area contributed by atoms with Gasteiger partial charge in [-0.25, -0.2) is 0 Å². The number of para-hydroxylation sites is 1. The molecule has 21 heavy (non-hydrogen) atoms. The van der Waals surface area contributed by atoms with Crippen molar-refractivity contribution < 1.29 is 13.2 Å². The lowest BCUT2D eigenvalue weighted by Gasteiger charge is -2.26. The van der Waals surface area contributed by atoms with Gasteiger partial charge in [0.2, 0.25) is 0 Å². The van der Waals surface area contributed by atoms with Crippen molar-refractivity contribution in [1.82, 2.24) is 0 Å². The lowest BCUT2D eigenvalue weighted by atomic mass is 9.84. The number of halogens is 3. The summed E-state index contributed by atoms with van der Waals surface area (Å²) in [6, 6.07) is 6.62. The van der Waals surface area contributed by atoms with Crippen LogP contribution in [0.2, 0.25) is 0 Å². The Balaban J connectivity index is 1.99. The van der Waals surface area contributed by atoms with E-state index in [0.717, 1.165) is 12.8 Å². The Kier molecular flexibility index (Phi) is 5.25. The molecule has 0 saturated carbocycles. The maximum atomic E-state index is 12.5. The molecule has 0 saturated heterocycles. The van der Waals surface area contributed by atoms with Gasteiger partial charge in [0.25, 0.3) is 0 Å². The second-order valence-electron chi connectivity index (χ2n) is 5.72. The molecule has 0 radical (unpaired) electrons. The van der Waals surface area contributed by atoms with Crippen LogP contribution < -0.4 is 5.32 Å². The molecule has 116 valence electrons. The summed E-state index contributed by atoms with van der Waals surface area (Å²) < 4.78 is 37.6. The molecule has 1 aromatic carbocycles. The Morgan fingerprint density at radius 3 is 2.67 bits per heavy atom. The van der Waals surface area contributed by atoms with Gasteiger partial charge in [-0.15, -0.1) is 0 Å². The van der Waals surface area contributed by atoms with Crippen LogP contribution in [-0.2, 0) is 0 Å². The fraction of sp³-hybridized carbons (Fsp3) is 0.500. The van der Waals surface area contributed by atoms with E-state index >= 15 is 0 Å². The lowest BCUT2D eigenvalue weighted by molar-refractivity contribution is -0.0327. The first kappa shape index (κ1) is 16.3. The number of anilines is 1. The summed E-state index contributed by atoms with van der Waals surface area (Å²) in [6.07, 6.45) is 4.38. The Hall–Kier alpha value is -1.10. The van der Waals surface area contributed by atoms with Gasteiger partial charge < -0.3 is 5.32 Å². The molecule has 2 unspecified atom stereocenters. The van der Waals surface area contributed by atoms with E-state index in [2.05, 4.69) is 25.2 Å². The fourth-order valence-electron chi connectivity index (χ4n) is 2.92. The smallest absolute Gasteiger partial charge is 0.384 e. The molecule has 0 aliphatic heterocycles. The minimum absolute atomic E-state index is 0.0588. The first-order valence-corrected chi connectivity index (χ1v) is 7.91. The molecule has 0 amide bonds. The normalized spacial score (nSPS) is 22.8. The summed E-state index contributed by atoms with van der Waals surface area (Å²) in [5.74, 6) is 1.03. The van der Waals surface area contributed by atoms with Gasteiger partial charge in [-0.2, -0.15) is 13.2 Å². The van der Waals surface area contributed by atoms with Crippen LogP contribution in [0.5, 0.6) is 0 Å². The number of nitrogens with one attached hydrogen (secondary N) is 1. The van der Waals surface area contributed by atoms with Crippen LogP contribution in [-0.4, -0.2) is 12.1 Å². The molecule has 0 bridgehead atoms. The van der Waals surface area contributed by atoms with Crippen LogP contribution in [0.4, 0.5) is 18.9 Å². The van der Waals surface area contributed by atoms with Gasteiger partial charge in [-0.1, -0.05) is 30.7 Å². The predicted octanol–water partition coefficient (Wildman–Crippen LogP) is 5.70. The summed E-state index contributed by atoms with van der Waals surface area (Å²) in [6.45, 7) is 5.02. The van der Waals surface area contributed by atoms with Crippen LogP contribution in [0.25, 0.3) is 0 Å². The quantitative estimate of drug-likeness (QED) is 0.565. The van der Waals surface area contributed by atoms with E-state index in [1.54, 1.807) is 18.2 Å². The maximum absolute atomic E-state index is 12.5. The van der Waals surface area contributed by atoms with E-state index in [4.69, 9.17) is 0 Å². The van der Waals surface area contributed by atoms with Gasteiger partial charge in [0, 0.05) is 17.1 Å². The van der Waals surface area contributed by atoms with E-state index < -0.39 is 5.51 Å². The molecule has 5 heteroatoms. The van der Waals surface area contributed by atoms with Gasteiger partial charge >= 0.3 is 5.51 Å². The summed E-state index contributed by atoms with van der Waals surface area (Å²) in [5.41, 5.74) is -2.31. The monoisotopic (exact) mass is 315 g/mol. The Morgan fingerprint density at radius 1 is 1.29 bits per heavy atom. The standard InChI is InChI=1S/C16H20F3NS/c1-11-7-12(2)9-13(8-11)10-20-14-5-3-4-6-15(14)21-16(17,18)19/h3-7,11,13,20H,8-10H2,1-2H3. The largest absolute Gasteiger partial charge is 0.446 e. The van der Waals surface area contributed by atoms with Crippen molar-refractivity contribution in [2.24, 2.45) is 11.8 Å². The highest BCUT2D eigenvalue weighted by molar-refractivity contribution is 8.00. The molecule has 0 aromatic heterocycles. The van der Waals surface area contributed by atoms with Gasteiger partial charge in [0.15, 0.2) is 0 Å². The summed E-state index contributed by atoms with van der Waals surface area (Å²) in [4.78, 5) is 0.237. The zero-order chi connectivity index (χ0) is 15.5. The molecule has 0 fully saturated rings. The highest BCUT2D eigenvalue weighted by atomic mass is 32.2. The molecule has 1 aliphatic carbocycles. The number of hydrogen-bond acceptors (Lipinski definition) is 2. The van der Waals surface area contributed by atoms with Crippen molar-refractivity contribution in [3.05, 3.63) is 35.9 Å². The van der Waals surface area contributed by atoms with Crippen molar-refractivity contribution in [2.75, 3.05) is 11.9 Å². The maximum Gasteiger partial charge on any atom is 0.446 e. The number of thioether (sulfide) groups is 1. The summed E-state index contributed by atoms with van der Waals surface area (Å²) in [5, 5.41) is 3.20. The molecule has 1 aliphatic rings. The predicted molar refractivity (Wildman–Crippen MR) is 82.5 cm³/mol. The highest BCUT2D eigenvalue weighted by Crippen LogP contribution is 2.40. The van der Waals surface area contributed by atoms with E-state index in [0.29, 0.717) is 24.1 Å². The van der Waals surface area contributed by atoms with Crippen molar-refractivity contribution >= 4 is 17.4 Å². The Morgan fingerprint density at radius 2 is 2.00 bits per heavy atom. The average Bonchev–Trinajstić information content (AvgIpc) is 2.35. The topological polar surface area (TPSA) is 12.0 Å². The summed E-state index contributed by atoms with van der Waals surface area (Å²) in [7, 11) is 0. The van der Waals surface area contributed by atoms with Crippen LogP contribution >= 0.6 is 11.8 Å². The first-order chi connectivity index (χ1) is 9.83.